The van der Waals surface area contributed by atoms with Crippen molar-refractivity contribution >= 4 is 0 Å². The molecule has 0 heterocycles. The summed E-state index contributed by atoms with van der Waals surface area (Å²) in [6, 6.07) is 0. The number of rotatable bonds is 0. The normalized spacial score (nSPS) is 60.0. The minimum absolute atomic E-state index is 0.0414. The molecule has 4 saturated carbocycles. The molecule has 0 saturated heterocycles. The fourth-order valence-corrected chi connectivity index (χ4v) is 7.63. The highest BCUT2D eigenvalue weighted by Gasteiger charge is 2.60. The highest BCUT2D eigenvalue weighted by Crippen LogP contribution is 2.66. The summed E-state index contributed by atoms with van der Waals surface area (Å²) in [5, 5.41) is 10.7. The molecule has 0 aliphatic heterocycles. The maximum Gasteiger partial charge on any atom is 0.0622 e. The van der Waals surface area contributed by atoms with Crippen molar-refractivity contribution in [2.24, 2.45) is 40.4 Å². The van der Waals surface area contributed by atoms with Crippen molar-refractivity contribution in [1.82, 2.24) is 0 Å². The van der Waals surface area contributed by atoms with E-state index in [0.717, 1.165) is 23.7 Å². The quantitative estimate of drug-likeness (QED) is 0.663. The summed E-state index contributed by atoms with van der Waals surface area (Å²) in [5.41, 5.74) is 0.873. The third-order valence-corrected chi connectivity index (χ3v) is 8.86. The van der Waals surface area contributed by atoms with Crippen molar-refractivity contribution in [3.63, 3.8) is 0 Å². The van der Waals surface area contributed by atoms with Crippen molar-refractivity contribution in [2.45, 2.75) is 84.7 Å². The molecule has 0 spiro atoms. The molecule has 3 unspecified atom stereocenters. The Bertz CT molecular complexity index is 418. The maximum atomic E-state index is 10.7. The highest BCUT2D eigenvalue weighted by atomic mass is 16.3. The monoisotopic (exact) mass is 290 g/mol. The Morgan fingerprint density at radius 1 is 0.857 bits per heavy atom. The molecule has 0 aromatic rings. The van der Waals surface area contributed by atoms with Gasteiger partial charge in [-0.05, 0) is 85.4 Å². The van der Waals surface area contributed by atoms with E-state index in [1.54, 1.807) is 0 Å². The van der Waals surface area contributed by atoms with Crippen LogP contribution in [0.3, 0.4) is 0 Å². The van der Waals surface area contributed by atoms with E-state index < -0.39 is 0 Å². The van der Waals surface area contributed by atoms with Crippen LogP contribution in [0, 0.1) is 40.4 Å². The summed E-state index contributed by atoms with van der Waals surface area (Å²) in [7, 11) is 0. The van der Waals surface area contributed by atoms with Gasteiger partial charge in [-0.1, -0.05) is 33.6 Å². The van der Waals surface area contributed by atoms with Crippen LogP contribution in [0.2, 0.25) is 0 Å². The Morgan fingerprint density at radius 2 is 1.67 bits per heavy atom. The number of hydrogen-bond acceptors (Lipinski definition) is 1. The van der Waals surface area contributed by atoms with Gasteiger partial charge in [-0.3, -0.25) is 0 Å². The molecule has 21 heavy (non-hydrogen) atoms. The third-order valence-electron chi connectivity index (χ3n) is 8.86. The van der Waals surface area contributed by atoms with Crippen LogP contribution in [0.4, 0.5) is 0 Å². The van der Waals surface area contributed by atoms with Gasteiger partial charge in [-0.2, -0.15) is 0 Å². The molecule has 4 rings (SSSR count). The molecule has 0 radical (unpaired) electrons. The van der Waals surface area contributed by atoms with Crippen LogP contribution in [0.5, 0.6) is 0 Å². The predicted octanol–water partition coefficient (Wildman–Crippen LogP) is 5.03. The molecule has 0 aromatic carbocycles. The van der Waals surface area contributed by atoms with Gasteiger partial charge in [0.1, 0.15) is 0 Å². The molecule has 4 fully saturated rings. The number of fused-ring (bicyclic) bond motifs is 5. The first-order chi connectivity index (χ1) is 9.97. The van der Waals surface area contributed by atoms with Crippen LogP contribution in [0.1, 0.15) is 78.6 Å². The van der Waals surface area contributed by atoms with Crippen LogP contribution in [0.15, 0.2) is 0 Å². The Labute approximate surface area is 130 Å². The lowest BCUT2D eigenvalue weighted by atomic mass is 9.45. The largest absolute Gasteiger partial charge is 0.392 e. The Morgan fingerprint density at radius 3 is 2.48 bits per heavy atom. The maximum absolute atomic E-state index is 10.7. The van der Waals surface area contributed by atoms with E-state index in [-0.39, 0.29) is 11.5 Å². The zero-order valence-corrected chi connectivity index (χ0v) is 14.3. The minimum Gasteiger partial charge on any atom is -0.392 e. The molecule has 120 valence electrons. The summed E-state index contributed by atoms with van der Waals surface area (Å²) in [6.07, 6.45) is 12.8. The van der Waals surface area contributed by atoms with Crippen molar-refractivity contribution in [3.8, 4) is 0 Å². The van der Waals surface area contributed by atoms with Crippen molar-refractivity contribution < 1.29 is 5.11 Å². The summed E-state index contributed by atoms with van der Waals surface area (Å²) < 4.78 is 0. The van der Waals surface area contributed by atoms with Gasteiger partial charge in [0, 0.05) is 0 Å². The van der Waals surface area contributed by atoms with Crippen molar-refractivity contribution in [2.75, 3.05) is 0 Å². The van der Waals surface area contributed by atoms with Crippen LogP contribution in [0.25, 0.3) is 0 Å². The number of aliphatic hydroxyl groups excluding tert-OH is 1. The molecular formula is C20H34O. The van der Waals surface area contributed by atoms with Crippen molar-refractivity contribution in [3.05, 3.63) is 0 Å². The zero-order chi connectivity index (χ0) is 14.8. The topological polar surface area (TPSA) is 20.2 Å². The molecule has 0 bridgehead atoms. The molecule has 4 aliphatic rings. The first kappa shape index (κ1) is 14.5. The molecule has 1 nitrogen and oxygen atoms in total. The molecule has 8 atom stereocenters. The second-order valence-electron chi connectivity index (χ2n) is 9.61. The number of aliphatic hydroxyl groups is 1. The smallest absolute Gasteiger partial charge is 0.0622 e. The molecule has 1 N–H and O–H groups in total. The van der Waals surface area contributed by atoms with E-state index in [0.29, 0.717) is 11.3 Å². The van der Waals surface area contributed by atoms with Gasteiger partial charge >= 0.3 is 0 Å². The fourth-order valence-electron chi connectivity index (χ4n) is 7.63. The average Bonchev–Trinajstić information content (AvgIpc) is 2.70. The van der Waals surface area contributed by atoms with Crippen LogP contribution >= 0.6 is 0 Å². The molecule has 1 heteroatoms. The van der Waals surface area contributed by atoms with Gasteiger partial charge in [0.25, 0.3) is 0 Å². The standard InChI is InChI=1S/C20H34O/c1-13-12-17-15-8-7-14-6-4-5-10-19(14,2)16(15)9-11-20(17,3)18(13)21/h13-18,21H,4-12H2,1-3H3/t13?,14?,15-,16-,17+,18?,19+,20+/m1/s1. The summed E-state index contributed by atoms with van der Waals surface area (Å²) in [6.45, 7) is 7.35. The van der Waals surface area contributed by atoms with Gasteiger partial charge in [0.05, 0.1) is 6.10 Å². The van der Waals surface area contributed by atoms with Gasteiger partial charge in [0.2, 0.25) is 0 Å². The van der Waals surface area contributed by atoms with E-state index in [1.165, 1.54) is 57.8 Å². The molecule has 4 aliphatic carbocycles. The first-order valence-electron chi connectivity index (χ1n) is 9.65. The van der Waals surface area contributed by atoms with Gasteiger partial charge in [-0.25, -0.2) is 0 Å². The van der Waals surface area contributed by atoms with E-state index in [2.05, 4.69) is 20.8 Å². The average molecular weight is 290 g/mol. The van der Waals surface area contributed by atoms with Gasteiger partial charge < -0.3 is 5.11 Å². The Balaban J connectivity index is 1.65. The van der Waals surface area contributed by atoms with Crippen LogP contribution in [-0.4, -0.2) is 11.2 Å². The highest BCUT2D eigenvalue weighted by molar-refractivity contribution is 5.10. The third kappa shape index (κ3) is 1.85. The molecule has 0 amide bonds. The van der Waals surface area contributed by atoms with Crippen molar-refractivity contribution in [1.29, 1.82) is 0 Å². The van der Waals surface area contributed by atoms with E-state index >= 15 is 0 Å². The lowest BCUT2D eigenvalue weighted by molar-refractivity contribution is -0.121. The summed E-state index contributed by atoms with van der Waals surface area (Å²) >= 11 is 0. The Kier molecular flexibility index (Phi) is 3.27. The molecule has 0 aromatic heterocycles. The first-order valence-corrected chi connectivity index (χ1v) is 9.65. The SMILES string of the molecule is CC1C[C@H]2[C@@H]3CCC4CCCC[C@]4(C)[C@@H]3CC[C@]2(C)C1O. The lowest BCUT2D eigenvalue weighted by Gasteiger charge is -2.60. The number of hydrogen-bond donors (Lipinski definition) is 1. The zero-order valence-electron chi connectivity index (χ0n) is 14.3. The summed E-state index contributed by atoms with van der Waals surface area (Å²) in [4.78, 5) is 0. The summed E-state index contributed by atoms with van der Waals surface area (Å²) in [5.74, 6) is 4.23. The van der Waals surface area contributed by atoms with Crippen LogP contribution < -0.4 is 0 Å². The Hall–Kier alpha value is -0.0400. The van der Waals surface area contributed by atoms with E-state index in [9.17, 15) is 5.11 Å². The minimum atomic E-state index is -0.0414. The van der Waals surface area contributed by atoms with E-state index in [4.69, 9.17) is 0 Å². The predicted molar refractivity (Wildman–Crippen MR) is 86.9 cm³/mol. The second-order valence-corrected chi connectivity index (χ2v) is 9.61. The fraction of sp³-hybridized carbons (Fsp3) is 1.00. The van der Waals surface area contributed by atoms with E-state index in [1.807, 2.05) is 0 Å². The van der Waals surface area contributed by atoms with Gasteiger partial charge in [-0.15, -0.1) is 0 Å². The second kappa shape index (κ2) is 4.73. The molecular weight excluding hydrogens is 256 g/mol. The lowest BCUT2D eigenvalue weighted by Crippen LogP contribution is -2.53. The van der Waals surface area contributed by atoms with Crippen LogP contribution in [-0.2, 0) is 0 Å². The van der Waals surface area contributed by atoms with Gasteiger partial charge in [0.15, 0.2) is 0 Å².